The minimum absolute atomic E-state index is 0.110. The van der Waals surface area contributed by atoms with E-state index in [-0.39, 0.29) is 11.7 Å². The third kappa shape index (κ3) is 3.32. The van der Waals surface area contributed by atoms with Gasteiger partial charge in [0.05, 0.1) is 5.92 Å². The van der Waals surface area contributed by atoms with Crippen molar-refractivity contribution >= 4 is 29.0 Å². The minimum atomic E-state index is -0.748. The molecule has 1 aliphatic carbocycles. The van der Waals surface area contributed by atoms with Gasteiger partial charge in [-0.05, 0) is 26.7 Å². The van der Waals surface area contributed by atoms with Gasteiger partial charge in [0.2, 0.25) is 0 Å². The maximum atomic E-state index is 11.4. The Morgan fingerprint density at radius 2 is 2.08 bits per heavy atom. The van der Waals surface area contributed by atoms with Gasteiger partial charge in [-0.15, -0.1) is 23.2 Å². The summed E-state index contributed by atoms with van der Waals surface area (Å²) in [6.07, 6.45) is 4.06. The number of carbonyl (C=O) groups excluding carboxylic acids is 1. The lowest BCUT2D eigenvalue weighted by Gasteiger charge is -1.97. The van der Waals surface area contributed by atoms with Crippen LogP contribution < -0.4 is 0 Å². The van der Waals surface area contributed by atoms with Crippen molar-refractivity contribution in [1.29, 1.82) is 0 Å². The molecule has 3 heteroatoms. The second-order valence-corrected chi connectivity index (χ2v) is 5.35. The van der Waals surface area contributed by atoms with Crippen LogP contribution in [0.1, 0.15) is 33.1 Å². The molecule has 0 aliphatic heterocycles. The van der Waals surface area contributed by atoms with E-state index in [0.29, 0.717) is 12.8 Å². The maximum absolute atomic E-state index is 11.4. The van der Waals surface area contributed by atoms with Gasteiger partial charge in [0.25, 0.3) is 0 Å². The molecule has 0 aromatic heterocycles. The molecule has 1 nitrogen and oxygen atoms in total. The summed E-state index contributed by atoms with van der Waals surface area (Å²) in [6.45, 7) is 4.05. The first-order chi connectivity index (χ1) is 5.93. The molecular weight excluding hydrogens is 207 g/mol. The van der Waals surface area contributed by atoms with Crippen LogP contribution in [0.25, 0.3) is 0 Å². The number of hydrogen-bond donors (Lipinski definition) is 0. The molecule has 0 radical (unpaired) electrons. The average molecular weight is 221 g/mol. The van der Waals surface area contributed by atoms with Gasteiger partial charge in [-0.1, -0.05) is 11.6 Å². The number of carbonyl (C=O) groups is 1. The number of alkyl halides is 2. The van der Waals surface area contributed by atoms with Crippen molar-refractivity contribution in [3.05, 3.63) is 11.6 Å². The normalized spacial score (nSPS) is 23.8. The fourth-order valence-electron chi connectivity index (χ4n) is 1.24. The largest absolute Gasteiger partial charge is 0.299 e. The van der Waals surface area contributed by atoms with Gasteiger partial charge < -0.3 is 0 Å². The number of Topliss-reactive ketones (excluding diaryl/α,β-unsaturated/α-hetero) is 1. The monoisotopic (exact) mass is 220 g/mol. The molecule has 74 valence electrons. The van der Waals surface area contributed by atoms with E-state index < -0.39 is 4.33 Å². The van der Waals surface area contributed by atoms with E-state index in [4.69, 9.17) is 23.2 Å². The Morgan fingerprint density at radius 1 is 1.54 bits per heavy atom. The molecule has 0 saturated heterocycles. The first-order valence-corrected chi connectivity index (χ1v) is 5.23. The van der Waals surface area contributed by atoms with Crippen molar-refractivity contribution in [2.45, 2.75) is 37.4 Å². The zero-order chi connectivity index (χ0) is 10.1. The van der Waals surface area contributed by atoms with Gasteiger partial charge >= 0.3 is 0 Å². The summed E-state index contributed by atoms with van der Waals surface area (Å²) < 4.78 is -0.748. The highest BCUT2D eigenvalue weighted by molar-refractivity contribution is 6.52. The maximum Gasteiger partial charge on any atom is 0.139 e. The number of hydrogen-bond acceptors (Lipinski definition) is 1. The standard InChI is InChI=1S/C10H14Cl2O/c1-7(2)4-3-5-9(13)8-6-10(8,11)12/h4,8H,3,5-6H2,1-2H3. The Kier molecular flexibility index (Phi) is 3.42. The Bertz CT molecular complexity index is 239. The van der Waals surface area contributed by atoms with E-state index in [1.165, 1.54) is 5.57 Å². The molecule has 0 heterocycles. The zero-order valence-electron chi connectivity index (χ0n) is 7.94. The molecule has 1 saturated carbocycles. The molecule has 1 fully saturated rings. The topological polar surface area (TPSA) is 17.1 Å². The van der Waals surface area contributed by atoms with Crippen LogP contribution in [0.3, 0.4) is 0 Å². The second kappa shape index (κ2) is 4.02. The van der Waals surface area contributed by atoms with Crippen molar-refractivity contribution in [3.8, 4) is 0 Å². The van der Waals surface area contributed by atoms with E-state index in [9.17, 15) is 4.79 Å². The van der Waals surface area contributed by atoms with Crippen molar-refractivity contribution in [1.82, 2.24) is 0 Å². The van der Waals surface area contributed by atoms with Gasteiger partial charge in [0.15, 0.2) is 0 Å². The third-order valence-electron chi connectivity index (χ3n) is 2.16. The van der Waals surface area contributed by atoms with Crippen molar-refractivity contribution in [2.75, 3.05) is 0 Å². The zero-order valence-corrected chi connectivity index (χ0v) is 9.45. The Morgan fingerprint density at radius 3 is 2.46 bits per heavy atom. The fourth-order valence-corrected chi connectivity index (χ4v) is 1.79. The number of halogens is 2. The summed E-state index contributed by atoms with van der Waals surface area (Å²) in [6, 6.07) is 0. The van der Waals surface area contributed by atoms with E-state index >= 15 is 0 Å². The van der Waals surface area contributed by atoms with E-state index in [1.54, 1.807) is 0 Å². The Labute approximate surface area is 89.1 Å². The van der Waals surface area contributed by atoms with Crippen molar-refractivity contribution < 1.29 is 4.79 Å². The first-order valence-electron chi connectivity index (χ1n) is 4.47. The van der Waals surface area contributed by atoms with Crippen LogP contribution in [0.2, 0.25) is 0 Å². The Balaban J connectivity index is 2.24. The van der Waals surface area contributed by atoms with Crippen LogP contribution in [-0.4, -0.2) is 10.1 Å². The first kappa shape index (κ1) is 11.1. The summed E-state index contributed by atoms with van der Waals surface area (Å²) in [7, 11) is 0. The van der Waals surface area contributed by atoms with Gasteiger partial charge in [0.1, 0.15) is 10.1 Å². The average Bonchev–Trinajstić information content (AvgIpc) is 2.59. The number of allylic oxidation sites excluding steroid dienone is 2. The van der Waals surface area contributed by atoms with E-state index in [1.807, 2.05) is 13.8 Å². The Hall–Kier alpha value is -0.0100. The molecule has 1 atom stereocenters. The molecule has 0 spiro atoms. The predicted molar refractivity (Wildman–Crippen MR) is 56.2 cm³/mol. The summed E-state index contributed by atoms with van der Waals surface area (Å²) >= 11 is 11.5. The van der Waals surface area contributed by atoms with Gasteiger partial charge in [-0.25, -0.2) is 0 Å². The fraction of sp³-hybridized carbons (Fsp3) is 0.700. The van der Waals surface area contributed by atoms with Crippen LogP contribution in [0, 0.1) is 5.92 Å². The molecule has 0 N–H and O–H groups in total. The lowest BCUT2D eigenvalue weighted by molar-refractivity contribution is -0.120. The van der Waals surface area contributed by atoms with Crippen LogP contribution in [-0.2, 0) is 4.79 Å². The highest BCUT2D eigenvalue weighted by Crippen LogP contribution is 2.54. The lowest BCUT2D eigenvalue weighted by atomic mass is 10.1. The van der Waals surface area contributed by atoms with E-state index in [0.717, 1.165) is 6.42 Å². The summed E-state index contributed by atoms with van der Waals surface area (Å²) in [4.78, 5) is 11.4. The molecule has 1 rings (SSSR count). The van der Waals surface area contributed by atoms with Crippen molar-refractivity contribution in [2.24, 2.45) is 5.92 Å². The van der Waals surface area contributed by atoms with Crippen LogP contribution in [0.15, 0.2) is 11.6 Å². The summed E-state index contributed by atoms with van der Waals surface area (Å²) in [5, 5.41) is 0. The van der Waals surface area contributed by atoms with Crippen LogP contribution >= 0.6 is 23.2 Å². The molecule has 0 bridgehead atoms. The highest BCUT2D eigenvalue weighted by atomic mass is 35.5. The minimum Gasteiger partial charge on any atom is -0.299 e. The van der Waals surface area contributed by atoms with Crippen LogP contribution in [0.4, 0.5) is 0 Å². The van der Waals surface area contributed by atoms with Crippen LogP contribution in [0.5, 0.6) is 0 Å². The molecule has 13 heavy (non-hydrogen) atoms. The molecule has 0 aromatic carbocycles. The van der Waals surface area contributed by atoms with E-state index in [2.05, 4.69) is 6.08 Å². The van der Waals surface area contributed by atoms with Gasteiger partial charge in [-0.2, -0.15) is 0 Å². The summed E-state index contributed by atoms with van der Waals surface area (Å²) in [5.74, 6) is 0.0869. The second-order valence-electron chi connectivity index (χ2n) is 3.80. The quantitative estimate of drug-likeness (QED) is 0.524. The smallest absolute Gasteiger partial charge is 0.139 e. The number of ketones is 1. The molecule has 1 aliphatic rings. The molecular formula is C10H14Cl2O. The lowest BCUT2D eigenvalue weighted by Crippen LogP contribution is -2.05. The summed E-state index contributed by atoms with van der Waals surface area (Å²) in [5.41, 5.74) is 1.24. The molecule has 0 aromatic rings. The van der Waals surface area contributed by atoms with Gasteiger partial charge in [-0.3, -0.25) is 4.79 Å². The van der Waals surface area contributed by atoms with Crippen molar-refractivity contribution in [3.63, 3.8) is 0 Å². The highest BCUT2D eigenvalue weighted by Gasteiger charge is 2.55. The SMILES string of the molecule is CC(C)=CCCC(=O)C1CC1(Cl)Cl. The van der Waals surface area contributed by atoms with Gasteiger partial charge in [0, 0.05) is 6.42 Å². The third-order valence-corrected chi connectivity index (χ3v) is 2.99. The number of rotatable bonds is 4. The predicted octanol–water partition coefficient (Wildman–Crippen LogP) is 3.50. The molecule has 1 unspecified atom stereocenters. The molecule has 0 amide bonds.